The summed E-state index contributed by atoms with van der Waals surface area (Å²) in [5, 5.41) is 11.4. The first-order valence-electron chi connectivity index (χ1n) is 9.90. The molecule has 0 amide bonds. The molecule has 0 fully saturated rings. The summed E-state index contributed by atoms with van der Waals surface area (Å²) in [6.07, 6.45) is 4.77. The first kappa shape index (κ1) is 20.8. The van der Waals surface area contributed by atoms with Gasteiger partial charge >= 0.3 is 0 Å². The number of ether oxygens (including phenoxy) is 3. The molecule has 0 saturated carbocycles. The number of rotatable bonds is 7. The van der Waals surface area contributed by atoms with Crippen LogP contribution in [0.5, 0.6) is 23.0 Å². The fourth-order valence-electron chi connectivity index (χ4n) is 3.57. The van der Waals surface area contributed by atoms with Gasteiger partial charge in [-0.05, 0) is 53.4 Å². The van der Waals surface area contributed by atoms with Crippen molar-refractivity contribution >= 4 is 27.5 Å². The Kier molecular flexibility index (Phi) is 6.14. The lowest BCUT2D eigenvalue weighted by Gasteiger charge is -2.12. The number of hydrogen-bond donors (Lipinski definition) is 1. The van der Waals surface area contributed by atoms with Crippen LogP contribution in [0.4, 0.5) is 0 Å². The van der Waals surface area contributed by atoms with E-state index in [1.807, 2.05) is 42.5 Å². The first-order chi connectivity index (χ1) is 15.1. The van der Waals surface area contributed by atoms with E-state index in [-0.39, 0.29) is 0 Å². The number of aromatic hydroxyl groups is 1. The molecule has 1 heterocycles. The second-order valence-electron chi connectivity index (χ2n) is 7.07. The van der Waals surface area contributed by atoms with Crippen molar-refractivity contribution < 1.29 is 19.3 Å². The predicted molar refractivity (Wildman–Crippen MR) is 128 cm³/mol. The van der Waals surface area contributed by atoms with Gasteiger partial charge in [-0.1, -0.05) is 42.5 Å². The lowest BCUT2D eigenvalue weighted by molar-refractivity contribution is 0.324. The third-order valence-electron chi connectivity index (χ3n) is 5.08. The van der Waals surface area contributed by atoms with E-state index in [1.54, 1.807) is 32.7 Å². The highest BCUT2D eigenvalue weighted by molar-refractivity contribution is 7.22. The zero-order valence-electron chi connectivity index (χ0n) is 17.7. The predicted octanol–water partition coefficient (Wildman–Crippen LogP) is 6.56. The van der Waals surface area contributed by atoms with Crippen LogP contribution < -0.4 is 14.2 Å². The molecule has 0 spiro atoms. The van der Waals surface area contributed by atoms with Crippen molar-refractivity contribution in [2.75, 3.05) is 21.3 Å². The molecule has 1 aromatic heterocycles. The Morgan fingerprint density at radius 1 is 0.871 bits per heavy atom. The van der Waals surface area contributed by atoms with Crippen molar-refractivity contribution in [3.8, 4) is 33.4 Å². The number of phenolic OH excluding ortho intramolecular Hbond substituents is 1. The highest BCUT2D eigenvalue weighted by Crippen LogP contribution is 2.40. The summed E-state index contributed by atoms with van der Waals surface area (Å²) in [6, 6.07) is 20.1. The average Bonchev–Trinajstić information content (AvgIpc) is 3.24. The molecule has 0 aliphatic heterocycles. The number of hydrogen-bond acceptors (Lipinski definition) is 5. The topological polar surface area (TPSA) is 47.9 Å². The number of methoxy groups -OCH3 is 3. The summed E-state index contributed by atoms with van der Waals surface area (Å²) in [5.41, 5.74) is 3.16. The highest BCUT2D eigenvalue weighted by Gasteiger charge is 2.12. The van der Waals surface area contributed by atoms with Crippen LogP contribution in [0.2, 0.25) is 0 Å². The van der Waals surface area contributed by atoms with Gasteiger partial charge in [0.15, 0.2) is 11.5 Å². The highest BCUT2D eigenvalue weighted by atomic mass is 32.1. The molecule has 0 aliphatic rings. The van der Waals surface area contributed by atoms with Crippen LogP contribution in [0.15, 0.2) is 66.7 Å². The van der Waals surface area contributed by atoms with Crippen molar-refractivity contribution in [2.24, 2.45) is 0 Å². The molecule has 3 aromatic carbocycles. The van der Waals surface area contributed by atoms with Crippen LogP contribution in [0, 0.1) is 0 Å². The van der Waals surface area contributed by atoms with Gasteiger partial charge < -0.3 is 19.3 Å². The number of allylic oxidation sites excluding steroid dienone is 1. The van der Waals surface area contributed by atoms with Crippen molar-refractivity contribution in [3.05, 3.63) is 77.9 Å². The SMILES string of the molecule is COc1cc(/C=C/Cc2cc(O)c3cc(-c4ccccc4)sc3c2)cc(OC)c1OC. The lowest BCUT2D eigenvalue weighted by Crippen LogP contribution is -1.95. The van der Waals surface area contributed by atoms with Gasteiger partial charge in [0, 0.05) is 15.0 Å². The molecule has 31 heavy (non-hydrogen) atoms. The maximum Gasteiger partial charge on any atom is 0.203 e. The van der Waals surface area contributed by atoms with Crippen molar-refractivity contribution in [3.63, 3.8) is 0 Å². The van der Waals surface area contributed by atoms with E-state index in [0.717, 1.165) is 31.7 Å². The Balaban J connectivity index is 1.58. The zero-order valence-corrected chi connectivity index (χ0v) is 18.5. The molecule has 5 heteroatoms. The summed E-state index contributed by atoms with van der Waals surface area (Å²) < 4.78 is 17.3. The van der Waals surface area contributed by atoms with E-state index in [0.29, 0.717) is 29.4 Å². The van der Waals surface area contributed by atoms with Crippen LogP contribution in [0.3, 0.4) is 0 Å². The van der Waals surface area contributed by atoms with Gasteiger partial charge in [-0.3, -0.25) is 0 Å². The fraction of sp³-hybridized carbons (Fsp3) is 0.154. The minimum atomic E-state index is 0.312. The van der Waals surface area contributed by atoms with Crippen molar-refractivity contribution in [1.82, 2.24) is 0 Å². The van der Waals surface area contributed by atoms with E-state index >= 15 is 0 Å². The maximum absolute atomic E-state index is 10.6. The third-order valence-corrected chi connectivity index (χ3v) is 6.22. The Morgan fingerprint density at radius 2 is 1.58 bits per heavy atom. The molecule has 0 saturated heterocycles. The fourth-order valence-corrected chi connectivity index (χ4v) is 4.72. The van der Waals surface area contributed by atoms with Gasteiger partial charge in [0.1, 0.15) is 5.75 Å². The summed E-state index contributed by atoms with van der Waals surface area (Å²) in [4.78, 5) is 1.15. The smallest absolute Gasteiger partial charge is 0.203 e. The summed E-state index contributed by atoms with van der Waals surface area (Å²) in [7, 11) is 4.80. The Morgan fingerprint density at radius 3 is 2.23 bits per heavy atom. The Hall–Kier alpha value is -3.44. The molecule has 4 nitrogen and oxygen atoms in total. The average molecular weight is 433 g/mol. The van der Waals surface area contributed by atoms with E-state index in [1.165, 1.54) is 0 Å². The number of benzene rings is 3. The first-order valence-corrected chi connectivity index (χ1v) is 10.7. The third kappa shape index (κ3) is 4.37. The van der Waals surface area contributed by atoms with Crippen LogP contribution >= 0.6 is 11.3 Å². The molecule has 0 unspecified atom stereocenters. The molecule has 4 rings (SSSR count). The molecule has 0 aliphatic carbocycles. The van der Waals surface area contributed by atoms with Gasteiger partial charge in [0.25, 0.3) is 0 Å². The molecule has 4 aromatic rings. The van der Waals surface area contributed by atoms with Gasteiger partial charge in [-0.15, -0.1) is 11.3 Å². The largest absolute Gasteiger partial charge is 0.507 e. The van der Waals surface area contributed by atoms with Gasteiger partial charge in [-0.2, -0.15) is 0 Å². The monoisotopic (exact) mass is 432 g/mol. The number of thiophene rings is 1. The van der Waals surface area contributed by atoms with Gasteiger partial charge in [0.2, 0.25) is 5.75 Å². The second kappa shape index (κ2) is 9.14. The van der Waals surface area contributed by atoms with E-state index in [2.05, 4.69) is 30.3 Å². The Labute approximate surface area is 186 Å². The summed E-state index contributed by atoms with van der Waals surface area (Å²) >= 11 is 1.69. The molecular weight excluding hydrogens is 408 g/mol. The van der Waals surface area contributed by atoms with Crippen LogP contribution in [0.25, 0.3) is 26.6 Å². The van der Waals surface area contributed by atoms with E-state index in [9.17, 15) is 5.11 Å². The molecular formula is C26H24O4S. The van der Waals surface area contributed by atoms with E-state index < -0.39 is 0 Å². The zero-order chi connectivity index (χ0) is 21.8. The minimum absolute atomic E-state index is 0.312. The summed E-state index contributed by atoms with van der Waals surface area (Å²) in [6.45, 7) is 0. The van der Waals surface area contributed by atoms with Gasteiger partial charge in [0.05, 0.1) is 21.3 Å². The van der Waals surface area contributed by atoms with Gasteiger partial charge in [-0.25, -0.2) is 0 Å². The quantitative estimate of drug-likeness (QED) is 0.359. The number of fused-ring (bicyclic) bond motifs is 1. The van der Waals surface area contributed by atoms with Crippen molar-refractivity contribution in [1.29, 1.82) is 0 Å². The molecule has 0 bridgehead atoms. The maximum atomic E-state index is 10.6. The van der Waals surface area contributed by atoms with Crippen LogP contribution in [0.1, 0.15) is 11.1 Å². The normalized spacial score (nSPS) is 11.2. The molecule has 1 N–H and O–H groups in total. The molecule has 0 atom stereocenters. The second-order valence-corrected chi connectivity index (χ2v) is 8.15. The standard InChI is InChI=1S/C26H24O4S/c1-28-22-13-18(14-23(29-2)26(22)30-3)9-7-8-17-12-21(27)20-16-24(31-25(20)15-17)19-10-5-4-6-11-19/h4-7,9-16,27H,8H2,1-3H3/b9-7+. The van der Waals surface area contributed by atoms with Crippen LogP contribution in [-0.4, -0.2) is 26.4 Å². The van der Waals surface area contributed by atoms with Crippen LogP contribution in [-0.2, 0) is 6.42 Å². The molecule has 0 radical (unpaired) electrons. The van der Waals surface area contributed by atoms with Crippen molar-refractivity contribution in [2.45, 2.75) is 6.42 Å². The van der Waals surface area contributed by atoms with E-state index in [4.69, 9.17) is 14.2 Å². The Bertz CT molecular complexity index is 1200. The number of phenols is 1. The minimum Gasteiger partial charge on any atom is -0.507 e. The summed E-state index contributed by atoms with van der Waals surface area (Å²) in [5.74, 6) is 2.12. The molecule has 158 valence electrons. The lowest BCUT2D eigenvalue weighted by atomic mass is 10.1.